The van der Waals surface area contributed by atoms with E-state index >= 15 is 0 Å². The minimum atomic E-state index is -1.46. The monoisotopic (exact) mass is 482 g/mol. The number of rotatable bonds is 8. The van der Waals surface area contributed by atoms with Crippen molar-refractivity contribution in [2.45, 2.75) is 65.3 Å². The van der Waals surface area contributed by atoms with Gasteiger partial charge in [0.05, 0.1) is 5.56 Å². The highest BCUT2D eigenvalue weighted by Crippen LogP contribution is 2.32. The van der Waals surface area contributed by atoms with Crippen LogP contribution in [0.15, 0.2) is 18.2 Å². The van der Waals surface area contributed by atoms with Crippen LogP contribution in [-0.4, -0.2) is 72.1 Å². The first kappa shape index (κ1) is 26.6. The highest BCUT2D eigenvalue weighted by molar-refractivity contribution is 5.96. The SMILES string of the molecule is CC(=O)OC[C@@H]1O[C@H](Oc2ccc(C(C)=O)c(O)c2)[C@@H](OC(C)=O)[C@H](OC(C)=O)[C@H]1OC(C)=O. The van der Waals surface area contributed by atoms with Crippen molar-refractivity contribution in [3.63, 3.8) is 0 Å². The molecule has 1 aromatic rings. The van der Waals surface area contributed by atoms with Crippen molar-refractivity contribution in [2.24, 2.45) is 0 Å². The molecule has 0 aliphatic carbocycles. The number of carbonyl (C=O) groups excluding carboxylic acids is 5. The summed E-state index contributed by atoms with van der Waals surface area (Å²) >= 11 is 0. The Morgan fingerprint density at radius 1 is 0.824 bits per heavy atom. The fraction of sp³-hybridized carbons (Fsp3) is 0.500. The van der Waals surface area contributed by atoms with Gasteiger partial charge in [-0.2, -0.15) is 0 Å². The Balaban J connectivity index is 2.47. The molecular formula is C22H26O12. The van der Waals surface area contributed by atoms with E-state index in [0.717, 1.165) is 33.8 Å². The molecule has 1 aliphatic rings. The molecule has 0 radical (unpaired) electrons. The maximum atomic E-state index is 11.8. The van der Waals surface area contributed by atoms with Gasteiger partial charge in [-0.25, -0.2) is 0 Å². The summed E-state index contributed by atoms with van der Waals surface area (Å²) in [6.07, 6.45) is -6.77. The Morgan fingerprint density at radius 3 is 1.88 bits per heavy atom. The van der Waals surface area contributed by atoms with Gasteiger partial charge >= 0.3 is 23.9 Å². The predicted octanol–water partition coefficient (Wildman–Crippen LogP) is 1.06. The van der Waals surface area contributed by atoms with Gasteiger partial charge in [-0.3, -0.25) is 24.0 Å². The zero-order valence-electron chi connectivity index (χ0n) is 19.3. The molecule has 0 unspecified atom stereocenters. The summed E-state index contributed by atoms with van der Waals surface area (Å²) in [4.78, 5) is 58.3. The van der Waals surface area contributed by atoms with Crippen LogP contribution in [0.3, 0.4) is 0 Å². The molecule has 1 aromatic carbocycles. The minimum absolute atomic E-state index is 0.0170. The summed E-state index contributed by atoms with van der Waals surface area (Å²) in [6, 6.07) is 3.83. The molecule has 1 heterocycles. The molecule has 186 valence electrons. The molecule has 0 aromatic heterocycles. The van der Waals surface area contributed by atoms with Crippen LogP contribution in [-0.2, 0) is 42.9 Å². The number of aromatic hydroxyl groups is 1. The lowest BCUT2D eigenvalue weighted by Gasteiger charge is -2.43. The third kappa shape index (κ3) is 7.17. The molecule has 12 nitrogen and oxygen atoms in total. The summed E-state index contributed by atoms with van der Waals surface area (Å²) in [5.74, 6) is -3.71. The molecule has 1 fully saturated rings. The van der Waals surface area contributed by atoms with Crippen LogP contribution in [0, 0.1) is 0 Å². The van der Waals surface area contributed by atoms with Crippen molar-refractivity contribution in [3.8, 4) is 11.5 Å². The van der Waals surface area contributed by atoms with Gasteiger partial charge in [0.25, 0.3) is 0 Å². The van der Waals surface area contributed by atoms with Crippen LogP contribution >= 0.6 is 0 Å². The highest BCUT2D eigenvalue weighted by atomic mass is 16.7. The summed E-state index contributed by atoms with van der Waals surface area (Å²) in [7, 11) is 0. The van der Waals surface area contributed by atoms with Crippen LogP contribution < -0.4 is 4.74 Å². The number of hydrogen-bond donors (Lipinski definition) is 1. The molecule has 2 rings (SSSR count). The van der Waals surface area contributed by atoms with Gasteiger partial charge in [0.1, 0.15) is 24.2 Å². The lowest BCUT2D eigenvalue weighted by atomic mass is 9.98. The normalized spacial score (nSPS) is 23.9. The minimum Gasteiger partial charge on any atom is -0.507 e. The first-order valence-electron chi connectivity index (χ1n) is 10.2. The Hall–Kier alpha value is -3.67. The van der Waals surface area contributed by atoms with Gasteiger partial charge in [-0.05, 0) is 19.1 Å². The lowest BCUT2D eigenvalue weighted by molar-refractivity contribution is -0.288. The van der Waals surface area contributed by atoms with Gasteiger partial charge in [0.15, 0.2) is 18.0 Å². The van der Waals surface area contributed by atoms with Crippen LogP contribution in [0.4, 0.5) is 0 Å². The smallest absolute Gasteiger partial charge is 0.303 e. The standard InChI is InChI=1S/C22H26O12/c1-10(23)16-7-6-15(8-17(16)28)33-22-21(32-14(5)27)20(31-13(4)26)19(30-12(3)25)18(34-22)9-29-11(2)24/h6-8,18-22,28H,9H2,1-5H3/t18-,19-,20+,21-,22-/m0/s1. The van der Waals surface area contributed by atoms with Crippen molar-refractivity contribution in [1.29, 1.82) is 0 Å². The largest absolute Gasteiger partial charge is 0.507 e. The average molecular weight is 482 g/mol. The van der Waals surface area contributed by atoms with Crippen LogP contribution in [0.2, 0.25) is 0 Å². The van der Waals surface area contributed by atoms with Crippen molar-refractivity contribution in [2.75, 3.05) is 6.61 Å². The third-order valence-corrected chi connectivity index (χ3v) is 4.55. The van der Waals surface area contributed by atoms with E-state index in [1.54, 1.807) is 0 Å². The van der Waals surface area contributed by atoms with E-state index in [2.05, 4.69) is 0 Å². The quantitative estimate of drug-likeness (QED) is 0.319. The van der Waals surface area contributed by atoms with Crippen molar-refractivity contribution in [3.05, 3.63) is 23.8 Å². The summed E-state index contributed by atoms with van der Waals surface area (Å²) in [6.45, 7) is 5.32. The Morgan fingerprint density at radius 2 is 1.38 bits per heavy atom. The van der Waals surface area contributed by atoms with E-state index in [1.165, 1.54) is 19.1 Å². The number of carbonyl (C=O) groups is 5. The van der Waals surface area contributed by atoms with E-state index in [0.29, 0.717) is 0 Å². The first-order chi connectivity index (χ1) is 15.9. The van der Waals surface area contributed by atoms with Crippen molar-refractivity contribution < 1.29 is 57.5 Å². The third-order valence-electron chi connectivity index (χ3n) is 4.55. The fourth-order valence-electron chi connectivity index (χ4n) is 3.30. The van der Waals surface area contributed by atoms with E-state index in [9.17, 15) is 29.1 Å². The Labute approximate surface area is 195 Å². The lowest BCUT2D eigenvalue weighted by Crippen LogP contribution is -2.63. The molecule has 1 saturated heterocycles. The second-order valence-corrected chi connectivity index (χ2v) is 7.42. The molecule has 0 bridgehead atoms. The van der Waals surface area contributed by atoms with E-state index < -0.39 is 61.2 Å². The number of ether oxygens (including phenoxy) is 6. The molecular weight excluding hydrogens is 456 g/mol. The van der Waals surface area contributed by atoms with Gasteiger partial charge in [-0.1, -0.05) is 0 Å². The molecule has 0 saturated carbocycles. The molecule has 0 spiro atoms. The molecule has 12 heteroatoms. The summed E-state index contributed by atoms with van der Waals surface area (Å²) in [5, 5.41) is 10.1. The number of phenolic OH excluding ortho intramolecular Hbond substituents is 1. The van der Waals surface area contributed by atoms with Gasteiger partial charge in [0, 0.05) is 33.8 Å². The number of esters is 4. The number of ketones is 1. The van der Waals surface area contributed by atoms with E-state index in [-0.39, 0.29) is 22.8 Å². The molecule has 1 N–H and O–H groups in total. The molecule has 0 amide bonds. The maximum Gasteiger partial charge on any atom is 0.303 e. The van der Waals surface area contributed by atoms with Gasteiger partial charge < -0.3 is 33.5 Å². The number of benzene rings is 1. The molecule has 5 atom stereocenters. The molecule has 34 heavy (non-hydrogen) atoms. The number of hydrogen-bond acceptors (Lipinski definition) is 12. The Kier molecular flexibility index (Phi) is 8.96. The zero-order chi connectivity index (χ0) is 25.6. The van der Waals surface area contributed by atoms with Crippen LogP contribution in [0.5, 0.6) is 11.5 Å². The maximum absolute atomic E-state index is 11.8. The summed E-state index contributed by atoms with van der Waals surface area (Å²) < 4.78 is 32.4. The topological polar surface area (TPSA) is 161 Å². The van der Waals surface area contributed by atoms with E-state index in [1.807, 2.05) is 0 Å². The van der Waals surface area contributed by atoms with Crippen molar-refractivity contribution >= 4 is 29.7 Å². The summed E-state index contributed by atoms with van der Waals surface area (Å²) in [5.41, 5.74) is 0.0499. The van der Waals surface area contributed by atoms with Crippen LogP contribution in [0.25, 0.3) is 0 Å². The fourth-order valence-corrected chi connectivity index (χ4v) is 3.30. The average Bonchev–Trinajstić information content (AvgIpc) is 2.69. The van der Waals surface area contributed by atoms with Crippen molar-refractivity contribution in [1.82, 2.24) is 0 Å². The predicted molar refractivity (Wildman–Crippen MR) is 111 cm³/mol. The zero-order valence-corrected chi connectivity index (χ0v) is 19.3. The van der Waals surface area contributed by atoms with Gasteiger partial charge in [0.2, 0.25) is 12.4 Å². The Bertz CT molecular complexity index is 955. The van der Waals surface area contributed by atoms with Gasteiger partial charge in [-0.15, -0.1) is 0 Å². The van der Waals surface area contributed by atoms with Crippen LogP contribution in [0.1, 0.15) is 45.0 Å². The van der Waals surface area contributed by atoms with E-state index in [4.69, 9.17) is 28.4 Å². The highest BCUT2D eigenvalue weighted by Gasteiger charge is 2.53. The number of Topliss-reactive ketones (excluding diaryl/α,β-unsaturated/α-hetero) is 1. The first-order valence-corrected chi connectivity index (χ1v) is 10.2. The second kappa shape index (κ2) is 11.5. The molecule has 1 aliphatic heterocycles. The number of phenols is 1. The second-order valence-electron chi connectivity index (χ2n) is 7.42.